The van der Waals surface area contributed by atoms with Crippen LogP contribution >= 0.6 is 0 Å². The standard InChI is InChI=1S/C16H23NO3/c1-12-9-13(3-4-15(12)18-2)17-14-5-7-20-16(10-14)6-8-19-11-16/h3-4,9,14,17H,5-8,10-11H2,1-2H3. The van der Waals surface area contributed by atoms with Crippen LogP contribution in [0.1, 0.15) is 24.8 Å². The fraction of sp³-hybridized carbons (Fsp3) is 0.625. The van der Waals surface area contributed by atoms with Gasteiger partial charge in [0.25, 0.3) is 0 Å². The van der Waals surface area contributed by atoms with Gasteiger partial charge in [0.15, 0.2) is 0 Å². The summed E-state index contributed by atoms with van der Waals surface area (Å²) in [5.41, 5.74) is 2.27. The van der Waals surface area contributed by atoms with E-state index in [4.69, 9.17) is 14.2 Å². The summed E-state index contributed by atoms with van der Waals surface area (Å²) >= 11 is 0. The highest BCUT2D eigenvalue weighted by atomic mass is 16.6. The highest BCUT2D eigenvalue weighted by molar-refractivity contribution is 5.51. The molecule has 4 heteroatoms. The molecule has 2 unspecified atom stereocenters. The third-order valence-electron chi connectivity index (χ3n) is 4.33. The molecular weight excluding hydrogens is 254 g/mol. The Morgan fingerprint density at radius 2 is 2.25 bits per heavy atom. The van der Waals surface area contributed by atoms with Crippen molar-refractivity contribution in [2.75, 3.05) is 32.2 Å². The molecule has 2 atom stereocenters. The van der Waals surface area contributed by atoms with Crippen molar-refractivity contribution in [2.45, 2.75) is 37.8 Å². The van der Waals surface area contributed by atoms with Gasteiger partial charge in [0.05, 0.1) is 19.3 Å². The average molecular weight is 277 g/mol. The van der Waals surface area contributed by atoms with Gasteiger partial charge in [-0.15, -0.1) is 0 Å². The van der Waals surface area contributed by atoms with Crippen LogP contribution in [-0.2, 0) is 9.47 Å². The Morgan fingerprint density at radius 3 is 2.95 bits per heavy atom. The molecule has 1 N–H and O–H groups in total. The van der Waals surface area contributed by atoms with Gasteiger partial charge in [0.2, 0.25) is 0 Å². The smallest absolute Gasteiger partial charge is 0.121 e. The van der Waals surface area contributed by atoms with Crippen molar-refractivity contribution in [2.24, 2.45) is 0 Å². The summed E-state index contributed by atoms with van der Waals surface area (Å²) in [5.74, 6) is 0.934. The highest BCUT2D eigenvalue weighted by Gasteiger charge is 2.40. The fourth-order valence-corrected chi connectivity index (χ4v) is 3.22. The first-order valence-corrected chi connectivity index (χ1v) is 7.34. The first-order valence-electron chi connectivity index (χ1n) is 7.34. The van der Waals surface area contributed by atoms with Crippen LogP contribution in [-0.4, -0.2) is 38.6 Å². The molecule has 2 saturated heterocycles. The Hall–Kier alpha value is -1.26. The van der Waals surface area contributed by atoms with Gasteiger partial charge in [-0.25, -0.2) is 0 Å². The summed E-state index contributed by atoms with van der Waals surface area (Å²) < 4.78 is 16.8. The molecule has 1 aromatic carbocycles. The molecule has 2 aliphatic heterocycles. The van der Waals surface area contributed by atoms with Crippen LogP contribution in [0.3, 0.4) is 0 Å². The first kappa shape index (κ1) is 13.7. The zero-order valence-electron chi connectivity index (χ0n) is 12.3. The molecule has 0 bridgehead atoms. The molecule has 2 heterocycles. The number of nitrogens with one attached hydrogen (secondary N) is 1. The topological polar surface area (TPSA) is 39.7 Å². The summed E-state index contributed by atoms with van der Waals surface area (Å²) in [6.07, 6.45) is 3.09. The van der Waals surface area contributed by atoms with Crippen molar-refractivity contribution in [3.05, 3.63) is 23.8 Å². The minimum absolute atomic E-state index is 0.0442. The molecule has 20 heavy (non-hydrogen) atoms. The minimum Gasteiger partial charge on any atom is -0.496 e. The molecular formula is C16H23NO3. The summed E-state index contributed by atoms with van der Waals surface area (Å²) in [7, 11) is 1.71. The van der Waals surface area contributed by atoms with Gasteiger partial charge >= 0.3 is 0 Å². The summed E-state index contributed by atoms with van der Waals surface area (Å²) in [6, 6.07) is 6.70. The van der Waals surface area contributed by atoms with Crippen molar-refractivity contribution in [1.82, 2.24) is 0 Å². The van der Waals surface area contributed by atoms with Gasteiger partial charge in [-0.05, 0) is 43.5 Å². The molecule has 0 radical (unpaired) electrons. The maximum Gasteiger partial charge on any atom is 0.121 e. The Kier molecular flexibility index (Phi) is 3.85. The van der Waals surface area contributed by atoms with Crippen molar-refractivity contribution in [3.8, 4) is 5.75 Å². The SMILES string of the molecule is COc1ccc(NC2CCOC3(CCOC3)C2)cc1C. The van der Waals surface area contributed by atoms with Crippen LogP contribution in [0.5, 0.6) is 5.75 Å². The second-order valence-corrected chi connectivity index (χ2v) is 5.85. The number of ether oxygens (including phenoxy) is 3. The lowest BCUT2D eigenvalue weighted by Crippen LogP contribution is -2.44. The Labute approximate surface area is 120 Å². The number of hydrogen-bond donors (Lipinski definition) is 1. The number of benzene rings is 1. The van der Waals surface area contributed by atoms with E-state index in [-0.39, 0.29) is 5.60 Å². The van der Waals surface area contributed by atoms with Gasteiger partial charge in [0.1, 0.15) is 5.75 Å². The summed E-state index contributed by atoms with van der Waals surface area (Å²) in [6.45, 7) is 4.46. The van der Waals surface area contributed by atoms with E-state index < -0.39 is 0 Å². The zero-order valence-corrected chi connectivity index (χ0v) is 12.3. The van der Waals surface area contributed by atoms with Gasteiger partial charge in [-0.3, -0.25) is 0 Å². The van der Waals surface area contributed by atoms with Crippen molar-refractivity contribution in [3.63, 3.8) is 0 Å². The largest absolute Gasteiger partial charge is 0.496 e. The van der Waals surface area contributed by atoms with Crippen molar-refractivity contribution in [1.29, 1.82) is 0 Å². The number of rotatable bonds is 3. The monoisotopic (exact) mass is 277 g/mol. The van der Waals surface area contributed by atoms with Crippen LogP contribution in [0.2, 0.25) is 0 Å². The van der Waals surface area contributed by atoms with Gasteiger partial charge in [-0.1, -0.05) is 0 Å². The van der Waals surface area contributed by atoms with E-state index in [1.165, 1.54) is 0 Å². The van der Waals surface area contributed by atoms with Crippen LogP contribution in [0.15, 0.2) is 18.2 Å². The molecule has 4 nitrogen and oxygen atoms in total. The second-order valence-electron chi connectivity index (χ2n) is 5.85. The van der Waals surface area contributed by atoms with E-state index in [1.54, 1.807) is 7.11 Å². The molecule has 0 saturated carbocycles. The summed E-state index contributed by atoms with van der Waals surface area (Å²) in [5, 5.41) is 3.63. The van der Waals surface area contributed by atoms with E-state index >= 15 is 0 Å². The minimum atomic E-state index is -0.0442. The Morgan fingerprint density at radius 1 is 1.35 bits per heavy atom. The highest BCUT2D eigenvalue weighted by Crippen LogP contribution is 2.34. The molecule has 0 aromatic heterocycles. The molecule has 1 spiro atoms. The van der Waals surface area contributed by atoms with Gasteiger partial charge in [-0.2, -0.15) is 0 Å². The average Bonchev–Trinajstić information content (AvgIpc) is 2.87. The number of anilines is 1. The predicted molar refractivity (Wildman–Crippen MR) is 78.5 cm³/mol. The molecule has 2 aliphatic rings. The lowest BCUT2D eigenvalue weighted by molar-refractivity contribution is -0.0828. The number of hydrogen-bond acceptors (Lipinski definition) is 4. The summed E-state index contributed by atoms with van der Waals surface area (Å²) in [4.78, 5) is 0. The van der Waals surface area contributed by atoms with E-state index in [2.05, 4.69) is 24.4 Å². The van der Waals surface area contributed by atoms with Crippen LogP contribution in [0, 0.1) is 6.92 Å². The van der Waals surface area contributed by atoms with Crippen molar-refractivity contribution < 1.29 is 14.2 Å². The van der Waals surface area contributed by atoms with Crippen LogP contribution in [0.25, 0.3) is 0 Å². The molecule has 1 aromatic rings. The lowest BCUT2D eigenvalue weighted by Gasteiger charge is -2.37. The van der Waals surface area contributed by atoms with E-state index in [0.29, 0.717) is 6.04 Å². The second kappa shape index (κ2) is 5.62. The predicted octanol–water partition coefficient (Wildman–Crippen LogP) is 2.75. The fourth-order valence-electron chi connectivity index (χ4n) is 3.22. The molecule has 2 fully saturated rings. The third kappa shape index (κ3) is 2.76. The molecule has 0 aliphatic carbocycles. The van der Waals surface area contributed by atoms with Crippen LogP contribution in [0.4, 0.5) is 5.69 Å². The molecule has 0 amide bonds. The molecule has 3 rings (SSSR count). The van der Waals surface area contributed by atoms with E-state index in [9.17, 15) is 0 Å². The maximum atomic E-state index is 5.97. The van der Waals surface area contributed by atoms with E-state index in [0.717, 1.165) is 56.1 Å². The van der Waals surface area contributed by atoms with Crippen LogP contribution < -0.4 is 10.1 Å². The maximum absolute atomic E-state index is 5.97. The first-order chi connectivity index (χ1) is 9.71. The molecule has 110 valence electrons. The Bertz CT molecular complexity index is 469. The third-order valence-corrected chi connectivity index (χ3v) is 4.33. The van der Waals surface area contributed by atoms with E-state index in [1.807, 2.05) is 6.07 Å². The van der Waals surface area contributed by atoms with Crippen molar-refractivity contribution >= 4 is 5.69 Å². The lowest BCUT2D eigenvalue weighted by atomic mass is 9.89. The zero-order chi connectivity index (χ0) is 14.0. The Balaban J connectivity index is 1.66. The number of aryl methyl sites for hydroxylation is 1. The normalized spacial score (nSPS) is 29.6. The van der Waals surface area contributed by atoms with Gasteiger partial charge in [0, 0.05) is 31.4 Å². The van der Waals surface area contributed by atoms with Gasteiger partial charge < -0.3 is 19.5 Å². The number of methoxy groups -OCH3 is 1. The quantitative estimate of drug-likeness (QED) is 0.922.